The van der Waals surface area contributed by atoms with Crippen molar-refractivity contribution in [1.82, 2.24) is 4.90 Å². The zero-order valence-corrected chi connectivity index (χ0v) is 13.5. The smallest absolute Gasteiger partial charge is 0.305 e. The van der Waals surface area contributed by atoms with E-state index in [0.717, 1.165) is 18.4 Å². The summed E-state index contributed by atoms with van der Waals surface area (Å²) in [5.41, 5.74) is 6.62. The van der Waals surface area contributed by atoms with E-state index in [9.17, 15) is 9.59 Å². The molecule has 5 nitrogen and oxygen atoms in total. The van der Waals surface area contributed by atoms with Gasteiger partial charge in [-0.1, -0.05) is 35.3 Å². The molecule has 1 aliphatic rings. The normalized spacial score (nSPS) is 17.3. The van der Waals surface area contributed by atoms with Crippen LogP contribution in [0, 0.1) is 0 Å². The standard InChI is InChI=1S/C15H18Cl2N2O3/c16-11-3-1-2-10(14(11)17)9-4-6-19(7-5-9)15(22)12(18)8-13(20)21/h1-3,9,12H,4-8,18H2,(H,20,21)/t12-/m0/s1. The number of amides is 1. The van der Waals surface area contributed by atoms with E-state index < -0.39 is 12.0 Å². The molecule has 1 aromatic carbocycles. The van der Waals surface area contributed by atoms with E-state index in [1.54, 1.807) is 11.0 Å². The van der Waals surface area contributed by atoms with E-state index in [4.69, 9.17) is 34.0 Å². The summed E-state index contributed by atoms with van der Waals surface area (Å²) in [5.74, 6) is -1.13. The number of rotatable bonds is 4. The molecule has 1 amide bonds. The first kappa shape index (κ1) is 17.1. The third-order valence-electron chi connectivity index (χ3n) is 3.94. The first-order valence-electron chi connectivity index (χ1n) is 7.10. The van der Waals surface area contributed by atoms with Crippen LogP contribution in [0.25, 0.3) is 0 Å². The maximum absolute atomic E-state index is 12.1. The molecule has 2 rings (SSSR count). The highest BCUT2D eigenvalue weighted by molar-refractivity contribution is 6.42. The molecule has 7 heteroatoms. The molecule has 120 valence electrons. The molecule has 0 saturated carbocycles. The van der Waals surface area contributed by atoms with Crippen LogP contribution in [0.2, 0.25) is 10.0 Å². The highest BCUT2D eigenvalue weighted by Crippen LogP contribution is 2.36. The summed E-state index contributed by atoms with van der Waals surface area (Å²) >= 11 is 12.3. The van der Waals surface area contributed by atoms with Gasteiger partial charge in [-0.25, -0.2) is 0 Å². The van der Waals surface area contributed by atoms with Gasteiger partial charge in [0, 0.05) is 13.1 Å². The van der Waals surface area contributed by atoms with E-state index in [1.165, 1.54) is 0 Å². The Balaban J connectivity index is 1.97. The van der Waals surface area contributed by atoms with Crippen LogP contribution < -0.4 is 5.73 Å². The third-order valence-corrected chi connectivity index (χ3v) is 4.77. The SMILES string of the molecule is N[C@@H](CC(=O)O)C(=O)N1CCC(c2cccc(Cl)c2Cl)CC1. The average Bonchev–Trinajstić information content (AvgIpc) is 2.49. The Kier molecular flexibility index (Phi) is 5.67. The van der Waals surface area contributed by atoms with E-state index >= 15 is 0 Å². The van der Waals surface area contributed by atoms with Gasteiger partial charge in [0.2, 0.25) is 5.91 Å². The minimum absolute atomic E-state index is 0.242. The van der Waals surface area contributed by atoms with Crippen molar-refractivity contribution in [3.63, 3.8) is 0 Å². The van der Waals surface area contributed by atoms with Crippen molar-refractivity contribution in [3.8, 4) is 0 Å². The maximum Gasteiger partial charge on any atom is 0.305 e. The summed E-state index contributed by atoms with van der Waals surface area (Å²) in [6.45, 7) is 1.08. The van der Waals surface area contributed by atoms with Crippen LogP contribution in [0.1, 0.15) is 30.7 Å². The molecule has 1 heterocycles. The van der Waals surface area contributed by atoms with Crippen molar-refractivity contribution >= 4 is 35.1 Å². The minimum atomic E-state index is -1.07. The summed E-state index contributed by atoms with van der Waals surface area (Å²) < 4.78 is 0. The van der Waals surface area contributed by atoms with Gasteiger partial charge in [0.25, 0.3) is 0 Å². The average molecular weight is 345 g/mol. The zero-order chi connectivity index (χ0) is 16.3. The summed E-state index contributed by atoms with van der Waals surface area (Å²) in [7, 11) is 0. The predicted molar refractivity (Wildman–Crippen MR) is 85.2 cm³/mol. The molecule has 0 bridgehead atoms. The number of aliphatic carboxylic acids is 1. The minimum Gasteiger partial charge on any atom is -0.481 e. The third kappa shape index (κ3) is 3.91. The number of hydrogen-bond donors (Lipinski definition) is 2. The Bertz CT molecular complexity index is 572. The predicted octanol–water partition coefficient (Wildman–Crippen LogP) is 2.50. The quantitative estimate of drug-likeness (QED) is 0.878. The lowest BCUT2D eigenvalue weighted by atomic mass is 9.89. The number of piperidine rings is 1. The van der Waals surface area contributed by atoms with E-state index in [-0.39, 0.29) is 18.2 Å². The number of benzene rings is 1. The summed E-state index contributed by atoms with van der Waals surface area (Å²) in [6, 6.07) is 4.58. The Hall–Kier alpha value is -1.30. The Morgan fingerprint density at radius 1 is 1.32 bits per heavy atom. The van der Waals surface area contributed by atoms with Crippen LogP contribution in [0.4, 0.5) is 0 Å². The van der Waals surface area contributed by atoms with Gasteiger partial charge < -0.3 is 15.7 Å². The van der Waals surface area contributed by atoms with Crippen LogP contribution in [0.5, 0.6) is 0 Å². The number of nitrogens with zero attached hydrogens (tertiary/aromatic N) is 1. The molecule has 0 spiro atoms. The molecule has 0 radical (unpaired) electrons. The van der Waals surface area contributed by atoms with Gasteiger partial charge in [-0.05, 0) is 30.4 Å². The van der Waals surface area contributed by atoms with Crippen LogP contribution >= 0.6 is 23.2 Å². The number of carboxylic acid groups (broad SMARTS) is 1. The molecule has 1 atom stereocenters. The number of likely N-dealkylation sites (tertiary alicyclic amines) is 1. The first-order valence-corrected chi connectivity index (χ1v) is 7.85. The molecule has 0 aliphatic carbocycles. The molecule has 0 unspecified atom stereocenters. The lowest BCUT2D eigenvalue weighted by Gasteiger charge is -2.34. The molecule has 1 fully saturated rings. The number of carbonyl (C=O) groups is 2. The van der Waals surface area contributed by atoms with Gasteiger partial charge in [0.05, 0.1) is 22.5 Å². The van der Waals surface area contributed by atoms with Crippen molar-refractivity contribution in [1.29, 1.82) is 0 Å². The molecule has 1 aromatic rings. The highest BCUT2D eigenvalue weighted by Gasteiger charge is 2.28. The number of hydrogen-bond acceptors (Lipinski definition) is 3. The number of halogens is 2. The molecular formula is C15H18Cl2N2O3. The number of carbonyl (C=O) groups excluding carboxylic acids is 1. The van der Waals surface area contributed by atoms with Crippen LogP contribution in [0.15, 0.2) is 18.2 Å². The summed E-state index contributed by atoms with van der Waals surface area (Å²) in [6.07, 6.45) is 1.16. The highest BCUT2D eigenvalue weighted by atomic mass is 35.5. The first-order chi connectivity index (χ1) is 10.4. The van der Waals surface area contributed by atoms with Crippen molar-refractivity contribution in [2.24, 2.45) is 5.73 Å². The van der Waals surface area contributed by atoms with Crippen LogP contribution in [0.3, 0.4) is 0 Å². The molecule has 1 saturated heterocycles. The van der Waals surface area contributed by atoms with E-state index in [1.807, 2.05) is 12.1 Å². The molecule has 22 heavy (non-hydrogen) atoms. The van der Waals surface area contributed by atoms with Crippen molar-refractivity contribution < 1.29 is 14.7 Å². The summed E-state index contributed by atoms with van der Waals surface area (Å²) in [4.78, 5) is 24.3. The molecule has 0 aromatic heterocycles. The Morgan fingerprint density at radius 2 is 1.95 bits per heavy atom. The van der Waals surface area contributed by atoms with Gasteiger partial charge in [-0.15, -0.1) is 0 Å². The van der Waals surface area contributed by atoms with E-state index in [0.29, 0.717) is 23.1 Å². The second-order valence-corrected chi connectivity index (χ2v) is 6.23. The van der Waals surface area contributed by atoms with Gasteiger partial charge in [0.1, 0.15) is 0 Å². The lowest BCUT2D eigenvalue weighted by molar-refractivity contribution is -0.142. The lowest BCUT2D eigenvalue weighted by Crippen LogP contribution is -2.47. The summed E-state index contributed by atoms with van der Waals surface area (Å²) in [5, 5.41) is 9.80. The number of carboxylic acids is 1. The molecule has 3 N–H and O–H groups in total. The van der Waals surface area contributed by atoms with Crippen molar-refractivity contribution in [3.05, 3.63) is 33.8 Å². The second-order valence-electron chi connectivity index (χ2n) is 5.45. The molecular weight excluding hydrogens is 327 g/mol. The van der Waals surface area contributed by atoms with Crippen LogP contribution in [-0.2, 0) is 9.59 Å². The fourth-order valence-electron chi connectivity index (χ4n) is 2.76. The number of nitrogens with two attached hydrogens (primary N) is 1. The van der Waals surface area contributed by atoms with Gasteiger partial charge in [-0.2, -0.15) is 0 Å². The Labute approximate surface area is 139 Å². The maximum atomic E-state index is 12.1. The fraction of sp³-hybridized carbons (Fsp3) is 0.467. The van der Waals surface area contributed by atoms with Gasteiger partial charge in [0.15, 0.2) is 0 Å². The van der Waals surface area contributed by atoms with Crippen molar-refractivity contribution in [2.45, 2.75) is 31.2 Å². The Morgan fingerprint density at radius 3 is 2.55 bits per heavy atom. The van der Waals surface area contributed by atoms with Crippen LogP contribution in [-0.4, -0.2) is 41.0 Å². The second kappa shape index (κ2) is 7.31. The monoisotopic (exact) mass is 344 g/mol. The van der Waals surface area contributed by atoms with E-state index in [2.05, 4.69) is 0 Å². The fourth-order valence-corrected chi connectivity index (χ4v) is 3.22. The van der Waals surface area contributed by atoms with Crippen molar-refractivity contribution in [2.75, 3.05) is 13.1 Å². The topological polar surface area (TPSA) is 83.6 Å². The molecule has 1 aliphatic heterocycles. The van der Waals surface area contributed by atoms with Gasteiger partial charge in [-0.3, -0.25) is 9.59 Å². The zero-order valence-electron chi connectivity index (χ0n) is 12.0. The largest absolute Gasteiger partial charge is 0.481 e. The van der Waals surface area contributed by atoms with Gasteiger partial charge >= 0.3 is 5.97 Å².